The Balaban J connectivity index is 3.02. The Labute approximate surface area is 92.6 Å². The van der Waals surface area contributed by atoms with E-state index < -0.39 is 0 Å². The maximum atomic E-state index is 3.80. The van der Waals surface area contributed by atoms with Gasteiger partial charge in [-0.05, 0) is 22.6 Å². The van der Waals surface area contributed by atoms with Crippen molar-refractivity contribution in [2.45, 2.75) is 19.8 Å². The first kappa shape index (κ1) is 11.5. The van der Waals surface area contributed by atoms with Crippen molar-refractivity contribution in [3.63, 3.8) is 0 Å². The lowest BCUT2D eigenvalue weighted by Crippen LogP contribution is -1.87. The minimum absolute atomic E-state index is 0.578. The van der Waals surface area contributed by atoms with Crippen LogP contribution in [0.5, 0.6) is 0 Å². The molecule has 0 N–H and O–H groups in total. The second kappa shape index (κ2) is 5.35. The molecule has 0 heteroatoms. The Kier molecular flexibility index (Phi) is 4.11. The zero-order chi connectivity index (χ0) is 11.3. The highest BCUT2D eigenvalue weighted by Crippen LogP contribution is 2.20. The standard InChI is InChI=1S/C15H18/c1-5-7-13(6-2)15-10-8-14(9-11-15)12(3)4/h5-12H,1-2H2,3-4H3/b13-7+. The van der Waals surface area contributed by atoms with Crippen molar-refractivity contribution in [3.05, 3.63) is 66.8 Å². The second-order valence-corrected chi connectivity index (χ2v) is 3.84. The largest absolute Gasteiger partial charge is 0.0990 e. The van der Waals surface area contributed by atoms with Crippen LogP contribution in [-0.2, 0) is 0 Å². The lowest BCUT2D eigenvalue weighted by atomic mass is 9.98. The third-order valence-corrected chi connectivity index (χ3v) is 2.43. The molecule has 0 saturated carbocycles. The highest BCUT2D eigenvalue weighted by molar-refractivity contribution is 5.74. The topological polar surface area (TPSA) is 0 Å². The van der Waals surface area contributed by atoms with Gasteiger partial charge in [-0.1, -0.05) is 69.5 Å². The Bertz CT molecular complexity index is 364. The average molecular weight is 198 g/mol. The molecule has 0 aliphatic rings. The van der Waals surface area contributed by atoms with Crippen LogP contribution < -0.4 is 0 Å². The molecule has 0 unspecified atom stereocenters. The van der Waals surface area contributed by atoms with Gasteiger partial charge >= 0.3 is 0 Å². The van der Waals surface area contributed by atoms with Crippen LogP contribution in [0.25, 0.3) is 5.57 Å². The lowest BCUT2D eigenvalue weighted by Gasteiger charge is -2.07. The fraction of sp³-hybridized carbons (Fsp3) is 0.200. The lowest BCUT2D eigenvalue weighted by molar-refractivity contribution is 0.866. The third kappa shape index (κ3) is 2.95. The second-order valence-electron chi connectivity index (χ2n) is 3.84. The van der Waals surface area contributed by atoms with Crippen LogP contribution in [0.3, 0.4) is 0 Å². The van der Waals surface area contributed by atoms with Crippen molar-refractivity contribution in [1.82, 2.24) is 0 Å². The van der Waals surface area contributed by atoms with Crippen molar-refractivity contribution in [2.75, 3.05) is 0 Å². The molecule has 0 aliphatic heterocycles. The molecule has 0 fully saturated rings. The third-order valence-electron chi connectivity index (χ3n) is 2.43. The van der Waals surface area contributed by atoms with Crippen LogP contribution in [0.1, 0.15) is 30.9 Å². The smallest absolute Gasteiger partial charge is 0.0184 e. The number of rotatable bonds is 4. The predicted octanol–water partition coefficient (Wildman–Crippen LogP) is 4.57. The first-order valence-electron chi connectivity index (χ1n) is 5.24. The summed E-state index contributed by atoms with van der Waals surface area (Å²) in [6.07, 6.45) is 5.61. The molecule has 0 aromatic heterocycles. The minimum atomic E-state index is 0.578. The van der Waals surface area contributed by atoms with Gasteiger partial charge in [0, 0.05) is 0 Å². The zero-order valence-electron chi connectivity index (χ0n) is 9.53. The summed E-state index contributed by atoms with van der Waals surface area (Å²) in [6, 6.07) is 8.60. The highest BCUT2D eigenvalue weighted by Gasteiger charge is 2.00. The summed E-state index contributed by atoms with van der Waals surface area (Å²) in [4.78, 5) is 0. The molecule has 0 radical (unpaired) electrons. The quantitative estimate of drug-likeness (QED) is 0.622. The number of hydrogen-bond donors (Lipinski definition) is 0. The molecule has 1 rings (SSSR count). The van der Waals surface area contributed by atoms with Gasteiger partial charge in [-0.3, -0.25) is 0 Å². The van der Waals surface area contributed by atoms with Gasteiger partial charge in [-0.15, -0.1) is 0 Å². The normalized spacial score (nSPS) is 11.5. The van der Waals surface area contributed by atoms with Gasteiger partial charge in [0.15, 0.2) is 0 Å². The minimum Gasteiger partial charge on any atom is -0.0990 e. The van der Waals surface area contributed by atoms with E-state index in [4.69, 9.17) is 0 Å². The molecular formula is C15H18. The van der Waals surface area contributed by atoms with Gasteiger partial charge in [0.25, 0.3) is 0 Å². The fourth-order valence-electron chi connectivity index (χ4n) is 1.47. The van der Waals surface area contributed by atoms with Gasteiger partial charge < -0.3 is 0 Å². The van der Waals surface area contributed by atoms with Crippen molar-refractivity contribution in [1.29, 1.82) is 0 Å². The van der Waals surface area contributed by atoms with E-state index in [-0.39, 0.29) is 0 Å². The summed E-state index contributed by atoms with van der Waals surface area (Å²) in [6.45, 7) is 11.9. The van der Waals surface area contributed by atoms with E-state index >= 15 is 0 Å². The molecule has 0 heterocycles. The molecular weight excluding hydrogens is 180 g/mol. The van der Waals surface area contributed by atoms with Crippen LogP contribution >= 0.6 is 0 Å². The van der Waals surface area contributed by atoms with E-state index in [1.807, 2.05) is 12.2 Å². The summed E-state index contributed by atoms with van der Waals surface area (Å²) in [5.41, 5.74) is 3.66. The van der Waals surface area contributed by atoms with Crippen LogP contribution in [0.2, 0.25) is 0 Å². The van der Waals surface area contributed by atoms with Gasteiger partial charge in [-0.25, -0.2) is 0 Å². The highest BCUT2D eigenvalue weighted by atomic mass is 14.0. The maximum absolute atomic E-state index is 3.80. The van der Waals surface area contributed by atoms with Crippen LogP contribution in [0.4, 0.5) is 0 Å². The van der Waals surface area contributed by atoms with E-state index in [0.717, 1.165) is 5.57 Å². The molecule has 15 heavy (non-hydrogen) atoms. The first-order chi connectivity index (χ1) is 7.19. The predicted molar refractivity (Wildman–Crippen MR) is 68.9 cm³/mol. The van der Waals surface area contributed by atoms with Crippen molar-refractivity contribution in [3.8, 4) is 0 Å². The van der Waals surface area contributed by atoms with E-state index in [0.29, 0.717) is 5.92 Å². The molecule has 78 valence electrons. The average Bonchev–Trinajstić information content (AvgIpc) is 2.26. The van der Waals surface area contributed by atoms with Crippen molar-refractivity contribution in [2.24, 2.45) is 0 Å². The summed E-state index contributed by atoms with van der Waals surface area (Å²) in [7, 11) is 0. The Morgan fingerprint density at radius 1 is 1.13 bits per heavy atom. The Hall–Kier alpha value is -1.56. The van der Waals surface area contributed by atoms with E-state index in [1.165, 1.54) is 11.1 Å². The van der Waals surface area contributed by atoms with Gasteiger partial charge in [0.2, 0.25) is 0 Å². The molecule has 0 nitrogen and oxygen atoms in total. The summed E-state index contributed by atoms with van der Waals surface area (Å²) >= 11 is 0. The van der Waals surface area contributed by atoms with E-state index in [2.05, 4.69) is 51.3 Å². The van der Waals surface area contributed by atoms with Crippen LogP contribution in [-0.4, -0.2) is 0 Å². The van der Waals surface area contributed by atoms with Gasteiger partial charge in [0.1, 0.15) is 0 Å². The summed E-state index contributed by atoms with van der Waals surface area (Å²) in [5, 5.41) is 0. The van der Waals surface area contributed by atoms with Gasteiger partial charge in [0.05, 0.1) is 0 Å². The van der Waals surface area contributed by atoms with Crippen molar-refractivity contribution >= 4 is 5.57 Å². The number of benzene rings is 1. The van der Waals surface area contributed by atoms with E-state index in [1.54, 1.807) is 6.08 Å². The zero-order valence-corrected chi connectivity index (χ0v) is 9.53. The Morgan fingerprint density at radius 2 is 1.73 bits per heavy atom. The van der Waals surface area contributed by atoms with Gasteiger partial charge in [-0.2, -0.15) is 0 Å². The summed E-state index contributed by atoms with van der Waals surface area (Å²) in [5.74, 6) is 0.578. The Morgan fingerprint density at radius 3 is 2.13 bits per heavy atom. The van der Waals surface area contributed by atoms with E-state index in [9.17, 15) is 0 Å². The molecule has 1 aromatic rings. The number of allylic oxidation sites excluding steroid dienone is 4. The first-order valence-corrected chi connectivity index (χ1v) is 5.24. The maximum Gasteiger partial charge on any atom is -0.0184 e. The molecule has 1 aromatic carbocycles. The molecule has 0 aliphatic carbocycles. The monoisotopic (exact) mass is 198 g/mol. The summed E-state index contributed by atoms with van der Waals surface area (Å²) < 4.78 is 0. The SMILES string of the molecule is C=C/C=C(\C=C)c1ccc(C(C)C)cc1. The molecule has 0 amide bonds. The van der Waals surface area contributed by atoms with Crippen LogP contribution in [0.15, 0.2) is 55.7 Å². The fourth-order valence-corrected chi connectivity index (χ4v) is 1.47. The number of hydrogen-bond acceptors (Lipinski definition) is 0. The molecule has 0 saturated heterocycles. The molecule has 0 atom stereocenters. The van der Waals surface area contributed by atoms with Crippen molar-refractivity contribution < 1.29 is 0 Å². The van der Waals surface area contributed by atoms with Crippen LogP contribution in [0, 0.1) is 0 Å². The molecule has 0 bridgehead atoms. The molecule has 0 spiro atoms.